The molecule has 0 aliphatic carbocycles. The highest BCUT2D eigenvalue weighted by molar-refractivity contribution is 6.04. The van der Waals surface area contributed by atoms with E-state index in [2.05, 4.69) is 4.99 Å². The first-order valence-corrected chi connectivity index (χ1v) is 4.15. The van der Waals surface area contributed by atoms with Crippen LogP contribution >= 0.6 is 0 Å². The van der Waals surface area contributed by atoms with Crippen LogP contribution in [0.1, 0.15) is 27.2 Å². The molecule has 12 heavy (non-hydrogen) atoms. The summed E-state index contributed by atoms with van der Waals surface area (Å²) >= 11 is 0. The number of aliphatic imine (C=N–C) groups is 1. The zero-order chi connectivity index (χ0) is 9.14. The maximum atomic E-state index is 11.1. The summed E-state index contributed by atoms with van der Waals surface area (Å²) in [4.78, 5) is 15.1. The molecule has 1 heterocycles. The van der Waals surface area contributed by atoms with Crippen molar-refractivity contribution in [3.63, 3.8) is 0 Å². The van der Waals surface area contributed by atoms with Crippen LogP contribution in [-0.2, 0) is 9.53 Å². The number of cyclic esters (lactones) is 1. The molecule has 66 valence electrons. The Labute approximate surface area is 72.1 Å². The number of esters is 1. The summed E-state index contributed by atoms with van der Waals surface area (Å²) in [5, 5.41) is 0. The number of hydrogen-bond donors (Lipinski definition) is 0. The lowest BCUT2D eigenvalue weighted by molar-refractivity contribution is -0.130. The zero-order valence-corrected chi connectivity index (χ0v) is 7.63. The number of nitrogens with zero attached hydrogens (tertiary/aromatic N) is 1. The van der Waals surface area contributed by atoms with Crippen molar-refractivity contribution in [2.24, 2.45) is 10.9 Å². The minimum atomic E-state index is -0.319. The summed E-state index contributed by atoms with van der Waals surface area (Å²) in [5.41, 5.74) is 0.446. The van der Waals surface area contributed by atoms with Gasteiger partial charge in [-0.3, -0.25) is 0 Å². The summed E-state index contributed by atoms with van der Waals surface area (Å²) < 4.78 is 4.87. The molecule has 0 N–H and O–H groups in total. The van der Waals surface area contributed by atoms with Gasteiger partial charge in [0.25, 0.3) is 0 Å². The average molecular weight is 167 g/mol. The molecule has 3 heteroatoms. The predicted molar refractivity (Wildman–Crippen MR) is 46.7 cm³/mol. The van der Waals surface area contributed by atoms with Crippen LogP contribution in [0.4, 0.5) is 0 Å². The zero-order valence-electron chi connectivity index (χ0n) is 7.63. The summed E-state index contributed by atoms with van der Waals surface area (Å²) in [6.07, 6.45) is 2.48. The SMILES string of the molecule is CCC1=NC(=CC(C)C)C(=O)O1. The van der Waals surface area contributed by atoms with Crippen LogP contribution in [0.5, 0.6) is 0 Å². The Kier molecular flexibility index (Phi) is 2.63. The normalized spacial score (nSPS) is 20.2. The number of carbonyl (C=O) groups excluding carboxylic acids is 1. The minimum Gasteiger partial charge on any atom is -0.407 e. The second kappa shape index (κ2) is 3.52. The minimum absolute atomic E-state index is 0.319. The van der Waals surface area contributed by atoms with E-state index in [0.717, 1.165) is 0 Å². The lowest BCUT2D eigenvalue weighted by Gasteiger charge is -1.93. The summed E-state index contributed by atoms with van der Waals surface area (Å²) in [6, 6.07) is 0. The van der Waals surface area contributed by atoms with Gasteiger partial charge in [0, 0.05) is 6.42 Å². The van der Waals surface area contributed by atoms with Crippen LogP contribution in [0.2, 0.25) is 0 Å². The standard InChI is InChI=1S/C9H13NO2/c1-4-8-10-7(5-6(2)3)9(11)12-8/h5-6H,4H2,1-3H3. The number of hydrogen-bond acceptors (Lipinski definition) is 3. The van der Waals surface area contributed by atoms with Crippen LogP contribution < -0.4 is 0 Å². The highest BCUT2D eigenvalue weighted by Gasteiger charge is 2.21. The second-order valence-corrected chi connectivity index (χ2v) is 3.04. The largest absolute Gasteiger partial charge is 0.407 e. The molecule has 0 bridgehead atoms. The van der Waals surface area contributed by atoms with E-state index in [1.807, 2.05) is 26.8 Å². The second-order valence-electron chi connectivity index (χ2n) is 3.04. The van der Waals surface area contributed by atoms with Gasteiger partial charge in [0.1, 0.15) is 5.70 Å². The molecule has 0 aromatic rings. The first-order chi connectivity index (χ1) is 5.63. The smallest absolute Gasteiger partial charge is 0.363 e. The van der Waals surface area contributed by atoms with Gasteiger partial charge < -0.3 is 4.74 Å². The van der Waals surface area contributed by atoms with Gasteiger partial charge in [-0.05, 0) is 12.0 Å². The maximum Gasteiger partial charge on any atom is 0.363 e. The molecular weight excluding hydrogens is 154 g/mol. The molecule has 0 fully saturated rings. The monoisotopic (exact) mass is 167 g/mol. The van der Waals surface area contributed by atoms with Crippen LogP contribution in [-0.4, -0.2) is 11.9 Å². The van der Waals surface area contributed by atoms with Gasteiger partial charge in [-0.25, -0.2) is 9.79 Å². The molecule has 0 saturated carbocycles. The molecule has 0 amide bonds. The van der Waals surface area contributed by atoms with Gasteiger partial charge in [-0.2, -0.15) is 0 Å². The first-order valence-electron chi connectivity index (χ1n) is 4.15. The van der Waals surface area contributed by atoms with Gasteiger partial charge in [0.15, 0.2) is 5.90 Å². The third-order valence-corrected chi connectivity index (χ3v) is 1.46. The van der Waals surface area contributed by atoms with Gasteiger partial charge in [-0.15, -0.1) is 0 Å². The molecule has 0 saturated heterocycles. The van der Waals surface area contributed by atoms with Crippen molar-refractivity contribution in [2.75, 3.05) is 0 Å². The third kappa shape index (κ3) is 1.94. The fourth-order valence-corrected chi connectivity index (χ4v) is 0.934. The van der Waals surface area contributed by atoms with Crippen LogP contribution in [0.3, 0.4) is 0 Å². The third-order valence-electron chi connectivity index (χ3n) is 1.46. The Morgan fingerprint density at radius 2 is 2.25 bits per heavy atom. The summed E-state index contributed by atoms with van der Waals surface area (Å²) in [5.74, 6) is 0.528. The molecule has 1 rings (SSSR count). The number of carbonyl (C=O) groups is 1. The van der Waals surface area contributed by atoms with Crippen molar-refractivity contribution < 1.29 is 9.53 Å². The fraction of sp³-hybridized carbons (Fsp3) is 0.556. The number of allylic oxidation sites excluding steroid dienone is 1. The van der Waals surface area contributed by atoms with Crippen molar-refractivity contribution in [3.8, 4) is 0 Å². The van der Waals surface area contributed by atoms with Gasteiger partial charge in [-0.1, -0.05) is 20.8 Å². The molecule has 1 aliphatic heterocycles. The summed E-state index contributed by atoms with van der Waals surface area (Å²) in [6.45, 7) is 5.91. The molecule has 0 aromatic carbocycles. The fourth-order valence-electron chi connectivity index (χ4n) is 0.934. The molecule has 1 aliphatic rings. The quantitative estimate of drug-likeness (QED) is 0.465. The van der Waals surface area contributed by atoms with Crippen molar-refractivity contribution >= 4 is 11.9 Å². The van der Waals surface area contributed by atoms with Crippen molar-refractivity contribution in [1.29, 1.82) is 0 Å². The van der Waals surface area contributed by atoms with E-state index in [-0.39, 0.29) is 5.97 Å². The lowest BCUT2D eigenvalue weighted by Crippen LogP contribution is -2.02. The van der Waals surface area contributed by atoms with E-state index >= 15 is 0 Å². The van der Waals surface area contributed by atoms with Crippen molar-refractivity contribution in [1.82, 2.24) is 0 Å². The van der Waals surface area contributed by atoms with Crippen LogP contribution in [0, 0.1) is 5.92 Å². The average Bonchev–Trinajstić information content (AvgIpc) is 2.31. The molecule has 0 unspecified atom stereocenters. The van der Waals surface area contributed by atoms with Crippen molar-refractivity contribution in [2.45, 2.75) is 27.2 Å². The number of rotatable bonds is 2. The number of ether oxygens (including phenoxy) is 1. The van der Waals surface area contributed by atoms with E-state index in [9.17, 15) is 4.79 Å². The highest BCUT2D eigenvalue weighted by atomic mass is 16.6. The molecule has 0 aromatic heterocycles. The lowest BCUT2D eigenvalue weighted by atomic mass is 10.2. The predicted octanol–water partition coefficient (Wildman–Crippen LogP) is 1.89. The Hall–Kier alpha value is -1.12. The van der Waals surface area contributed by atoms with E-state index in [4.69, 9.17) is 4.74 Å². The molecular formula is C9H13NO2. The van der Waals surface area contributed by atoms with Crippen molar-refractivity contribution in [3.05, 3.63) is 11.8 Å². The van der Waals surface area contributed by atoms with Gasteiger partial charge in [0.2, 0.25) is 0 Å². The molecule has 0 radical (unpaired) electrons. The maximum absolute atomic E-state index is 11.1. The van der Waals surface area contributed by atoms with E-state index in [1.165, 1.54) is 0 Å². The highest BCUT2D eigenvalue weighted by Crippen LogP contribution is 2.14. The molecule has 0 atom stereocenters. The Morgan fingerprint density at radius 1 is 1.58 bits per heavy atom. The van der Waals surface area contributed by atoms with Gasteiger partial charge in [0.05, 0.1) is 0 Å². The Bertz CT molecular complexity index is 251. The van der Waals surface area contributed by atoms with E-state index in [0.29, 0.717) is 23.9 Å². The van der Waals surface area contributed by atoms with Crippen LogP contribution in [0.15, 0.2) is 16.8 Å². The summed E-state index contributed by atoms with van der Waals surface area (Å²) in [7, 11) is 0. The van der Waals surface area contributed by atoms with E-state index < -0.39 is 0 Å². The molecule has 3 nitrogen and oxygen atoms in total. The first kappa shape index (κ1) is 8.97. The topological polar surface area (TPSA) is 38.7 Å². The Balaban J connectivity index is 2.79. The van der Waals surface area contributed by atoms with Gasteiger partial charge >= 0.3 is 5.97 Å². The molecule has 0 spiro atoms. The van der Waals surface area contributed by atoms with E-state index in [1.54, 1.807) is 0 Å². The van der Waals surface area contributed by atoms with Crippen LogP contribution in [0.25, 0.3) is 0 Å². The Morgan fingerprint density at radius 3 is 2.67 bits per heavy atom.